The molecule has 3 heteroatoms. The SMILES string of the molecule is COc1ccc(C/C=C/CCCCc2ccccc2O)cc1OC. The summed E-state index contributed by atoms with van der Waals surface area (Å²) < 4.78 is 10.6. The van der Waals surface area contributed by atoms with Crippen molar-refractivity contribution in [3.63, 3.8) is 0 Å². The van der Waals surface area contributed by atoms with E-state index in [1.165, 1.54) is 5.56 Å². The van der Waals surface area contributed by atoms with E-state index in [9.17, 15) is 5.11 Å². The summed E-state index contributed by atoms with van der Waals surface area (Å²) in [6, 6.07) is 13.6. The third-order valence-corrected chi connectivity index (χ3v) is 4.03. The molecule has 0 aliphatic rings. The normalized spacial score (nSPS) is 10.9. The van der Waals surface area contributed by atoms with Crippen molar-refractivity contribution in [1.29, 1.82) is 0 Å². The molecule has 0 aromatic heterocycles. The molecular weight excluding hydrogens is 300 g/mol. The number of phenolic OH excluding ortho intramolecular Hbond substituents is 1. The van der Waals surface area contributed by atoms with Gasteiger partial charge in [-0.2, -0.15) is 0 Å². The Hall–Kier alpha value is -2.42. The van der Waals surface area contributed by atoms with E-state index in [-0.39, 0.29) is 0 Å². The largest absolute Gasteiger partial charge is 0.508 e. The Kier molecular flexibility index (Phi) is 7.21. The van der Waals surface area contributed by atoms with Gasteiger partial charge in [-0.15, -0.1) is 0 Å². The number of aryl methyl sites for hydroxylation is 1. The fourth-order valence-electron chi connectivity index (χ4n) is 2.64. The number of benzene rings is 2. The second kappa shape index (κ2) is 9.66. The van der Waals surface area contributed by atoms with E-state index in [2.05, 4.69) is 18.2 Å². The van der Waals surface area contributed by atoms with Crippen LogP contribution in [0.1, 0.15) is 30.4 Å². The summed E-state index contributed by atoms with van der Waals surface area (Å²) in [7, 11) is 3.30. The number of allylic oxidation sites excluding steroid dienone is 2. The third-order valence-electron chi connectivity index (χ3n) is 4.03. The van der Waals surface area contributed by atoms with Crippen LogP contribution in [-0.4, -0.2) is 19.3 Å². The molecule has 0 radical (unpaired) electrons. The Morgan fingerprint density at radius 2 is 1.71 bits per heavy atom. The first kappa shape index (κ1) is 17.9. The Balaban J connectivity index is 1.70. The molecule has 0 bridgehead atoms. The lowest BCUT2D eigenvalue weighted by Gasteiger charge is -2.08. The van der Waals surface area contributed by atoms with Gasteiger partial charge in [-0.3, -0.25) is 0 Å². The first-order valence-corrected chi connectivity index (χ1v) is 8.37. The second-order valence-corrected chi connectivity index (χ2v) is 5.74. The molecule has 24 heavy (non-hydrogen) atoms. The van der Waals surface area contributed by atoms with Gasteiger partial charge in [0.25, 0.3) is 0 Å². The molecule has 0 heterocycles. The highest BCUT2D eigenvalue weighted by molar-refractivity contribution is 5.43. The summed E-state index contributed by atoms with van der Waals surface area (Å²) in [6.07, 6.45) is 9.49. The molecule has 0 fully saturated rings. The second-order valence-electron chi connectivity index (χ2n) is 5.74. The standard InChI is InChI=1S/C21H26O3/c1-23-20-15-14-17(16-21(20)24-2)10-6-4-3-5-7-11-18-12-8-9-13-19(18)22/h4,6,8-9,12-16,22H,3,5,7,10-11H2,1-2H3/b6-4+. The van der Waals surface area contributed by atoms with Crippen LogP contribution in [0.2, 0.25) is 0 Å². The van der Waals surface area contributed by atoms with E-state index in [1.54, 1.807) is 20.3 Å². The van der Waals surface area contributed by atoms with Gasteiger partial charge in [0.15, 0.2) is 11.5 Å². The molecule has 1 N–H and O–H groups in total. The highest BCUT2D eigenvalue weighted by Crippen LogP contribution is 2.27. The van der Waals surface area contributed by atoms with E-state index < -0.39 is 0 Å². The smallest absolute Gasteiger partial charge is 0.160 e. The van der Waals surface area contributed by atoms with Crippen molar-refractivity contribution >= 4 is 0 Å². The number of rotatable bonds is 9. The lowest BCUT2D eigenvalue weighted by Crippen LogP contribution is -1.92. The summed E-state index contributed by atoms with van der Waals surface area (Å²) in [6.45, 7) is 0. The minimum Gasteiger partial charge on any atom is -0.508 e. The highest BCUT2D eigenvalue weighted by atomic mass is 16.5. The van der Waals surface area contributed by atoms with E-state index in [0.29, 0.717) is 5.75 Å². The van der Waals surface area contributed by atoms with Crippen molar-refractivity contribution in [3.8, 4) is 17.2 Å². The first-order valence-electron chi connectivity index (χ1n) is 8.37. The van der Waals surface area contributed by atoms with Gasteiger partial charge in [0.1, 0.15) is 5.75 Å². The number of para-hydroxylation sites is 1. The van der Waals surface area contributed by atoms with E-state index >= 15 is 0 Å². The molecule has 0 spiro atoms. The maximum absolute atomic E-state index is 9.72. The zero-order chi connectivity index (χ0) is 17.2. The number of aromatic hydroxyl groups is 1. The summed E-state index contributed by atoms with van der Waals surface area (Å²) in [5.74, 6) is 1.93. The third kappa shape index (κ3) is 5.34. The fraction of sp³-hybridized carbons (Fsp3) is 0.333. The predicted molar refractivity (Wildman–Crippen MR) is 98.1 cm³/mol. The predicted octanol–water partition coefficient (Wildman–Crippen LogP) is 4.92. The Morgan fingerprint density at radius 1 is 0.917 bits per heavy atom. The fourth-order valence-corrected chi connectivity index (χ4v) is 2.64. The molecule has 0 saturated heterocycles. The lowest BCUT2D eigenvalue weighted by molar-refractivity contribution is 0.354. The topological polar surface area (TPSA) is 38.7 Å². The monoisotopic (exact) mass is 326 g/mol. The Bertz CT molecular complexity index is 662. The zero-order valence-electron chi connectivity index (χ0n) is 14.5. The Labute approximate surface area is 144 Å². The Morgan fingerprint density at radius 3 is 2.46 bits per heavy atom. The number of methoxy groups -OCH3 is 2. The minimum atomic E-state index is 0.404. The molecule has 2 rings (SSSR count). The molecule has 0 aliphatic carbocycles. The van der Waals surface area contributed by atoms with E-state index in [1.807, 2.05) is 30.3 Å². The van der Waals surface area contributed by atoms with E-state index in [4.69, 9.17) is 9.47 Å². The molecule has 2 aromatic carbocycles. The molecule has 0 unspecified atom stereocenters. The van der Waals surface area contributed by atoms with E-state index in [0.717, 1.165) is 49.2 Å². The van der Waals surface area contributed by atoms with Crippen LogP contribution >= 0.6 is 0 Å². The average molecular weight is 326 g/mol. The van der Waals surface area contributed by atoms with Gasteiger partial charge in [0.2, 0.25) is 0 Å². The molecule has 0 saturated carbocycles. The number of hydrogen-bond donors (Lipinski definition) is 1. The van der Waals surface area contributed by atoms with Crippen molar-refractivity contribution in [2.45, 2.75) is 32.1 Å². The average Bonchev–Trinajstić information content (AvgIpc) is 2.62. The van der Waals surface area contributed by atoms with Crippen LogP contribution in [0, 0.1) is 0 Å². The minimum absolute atomic E-state index is 0.404. The summed E-state index contributed by atoms with van der Waals surface area (Å²) in [5.41, 5.74) is 2.24. The maximum Gasteiger partial charge on any atom is 0.160 e. The first-order chi connectivity index (χ1) is 11.7. The number of hydrogen-bond acceptors (Lipinski definition) is 3. The van der Waals surface area contributed by atoms with Crippen LogP contribution in [0.4, 0.5) is 0 Å². The van der Waals surface area contributed by atoms with Crippen molar-refractivity contribution in [2.24, 2.45) is 0 Å². The quantitative estimate of drug-likeness (QED) is 0.525. The van der Waals surface area contributed by atoms with Crippen LogP contribution in [0.5, 0.6) is 17.2 Å². The molecular formula is C21H26O3. The van der Waals surface area contributed by atoms with Crippen molar-refractivity contribution in [3.05, 3.63) is 65.7 Å². The van der Waals surface area contributed by atoms with Crippen LogP contribution in [0.3, 0.4) is 0 Å². The molecule has 0 atom stereocenters. The van der Waals surface area contributed by atoms with Crippen LogP contribution < -0.4 is 9.47 Å². The van der Waals surface area contributed by atoms with Gasteiger partial charge in [-0.1, -0.05) is 36.4 Å². The summed E-state index contributed by atoms with van der Waals surface area (Å²) in [5, 5.41) is 9.72. The van der Waals surface area contributed by atoms with Gasteiger partial charge in [-0.05, 0) is 61.4 Å². The van der Waals surface area contributed by atoms with Crippen molar-refractivity contribution < 1.29 is 14.6 Å². The summed E-state index contributed by atoms with van der Waals surface area (Å²) >= 11 is 0. The van der Waals surface area contributed by atoms with Crippen LogP contribution in [0.15, 0.2) is 54.6 Å². The molecule has 0 aliphatic heterocycles. The van der Waals surface area contributed by atoms with Crippen LogP contribution in [0.25, 0.3) is 0 Å². The molecule has 2 aromatic rings. The van der Waals surface area contributed by atoms with Gasteiger partial charge in [0.05, 0.1) is 14.2 Å². The maximum atomic E-state index is 9.72. The molecule has 3 nitrogen and oxygen atoms in total. The lowest BCUT2D eigenvalue weighted by atomic mass is 10.1. The van der Waals surface area contributed by atoms with Crippen molar-refractivity contribution in [1.82, 2.24) is 0 Å². The van der Waals surface area contributed by atoms with Gasteiger partial charge < -0.3 is 14.6 Å². The van der Waals surface area contributed by atoms with Crippen molar-refractivity contribution in [2.75, 3.05) is 14.2 Å². The number of ether oxygens (including phenoxy) is 2. The number of phenols is 1. The number of unbranched alkanes of at least 4 members (excludes halogenated alkanes) is 2. The molecule has 0 amide bonds. The zero-order valence-corrected chi connectivity index (χ0v) is 14.5. The molecule has 128 valence electrons. The van der Waals surface area contributed by atoms with Gasteiger partial charge in [0, 0.05) is 0 Å². The summed E-state index contributed by atoms with van der Waals surface area (Å²) in [4.78, 5) is 0. The van der Waals surface area contributed by atoms with Crippen LogP contribution in [-0.2, 0) is 12.8 Å². The van der Waals surface area contributed by atoms with Gasteiger partial charge >= 0.3 is 0 Å². The highest BCUT2D eigenvalue weighted by Gasteiger charge is 2.03. The van der Waals surface area contributed by atoms with Gasteiger partial charge in [-0.25, -0.2) is 0 Å².